The highest BCUT2D eigenvalue weighted by Gasteiger charge is 2.19. The van der Waals surface area contributed by atoms with Crippen molar-refractivity contribution in [1.29, 1.82) is 0 Å². The zero-order valence-corrected chi connectivity index (χ0v) is 11.8. The Morgan fingerprint density at radius 1 is 1.05 bits per heavy atom. The van der Waals surface area contributed by atoms with Crippen molar-refractivity contribution in [1.82, 2.24) is 0 Å². The number of aryl methyl sites for hydroxylation is 1. The normalized spacial score (nSPS) is 18.1. The molecule has 3 rings (SSSR count). The van der Waals surface area contributed by atoms with Gasteiger partial charge in [-0.1, -0.05) is 42.5 Å². The van der Waals surface area contributed by atoms with Gasteiger partial charge in [0.25, 0.3) is 0 Å². The third-order valence-corrected chi connectivity index (χ3v) is 4.87. The number of fused-ring (bicyclic) bond motifs is 1. The van der Waals surface area contributed by atoms with E-state index < -0.39 is 0 Å². The molecule has 0 fully saturated rings. The Kier molecular flexibility index (Phi) is 3.90. The highest BCUT2D eigenvalue weighted by atomic mass is 32.2. The minimum atomic E-state index is 0.225. The largest absolute Gasteiger partial charge is 0.324 e. The fraction of sp³-hybridized carbons (Fsp3) is 0.294. The molecule has 1 nitrogen and oxygen atoms in total. The molecule has 0 spiro atoms. The van der Waals surface area contributed by atoms with Gasteiger partial charge < -0.3 is 5.73 Å². The Balaban J connectivity index is 1.82. The summed E-state index contributed by atoms with van der Waals surface area (Å²) in [7, 11) is 0. The minimum absolute atomic E-state index is 0.225. The molecule has 2 aromatic rings. The minimum Gasteiger partial charge on any atom is -0.324 e. The molecular weight excluding hydrogens is 250 g/mol. The van der Waals surface area contributed by atoms with Crippen molar-refractivity contribution in [2.24, 2.45) is 5.73 Å². The fourth-order valence-electron chi connectivity index (χ4n) is 2.75. The van der Waals surface area contributed by atoms with Crippen LogP contribution in [0.4, 0.5) is 0 Å². The maximum Gasteiger partial charge on any atom is 0.0308 e. The van der Waals surface area contributed by atoms with E-state index in [1.807, 2.05) is 11.8 Å². The van der Waals surface area contributed by atoms with Gasteiger partial charge in [-0.05, 0) is 42.0 Å². The third-order valence-electron chi connectivity index (χ3n) is 3.73. The molecule has 2 aromatic carbocycles. The SMILES string of the molecule is NC1CCCc2cccc(SCc3ccccc3)c21. The molecule has 98 valence electrons. The summed E-state index contributed by atoms with van der Waals surface area (Å²) < 4.78 is 0. The van der Waals surface area contributed by atoms with Crippen molar-refractivity contribution >= 4 is 11.8 Å². The number of hydrogen-bond acceptors (Lipinski definition) is 2. The van der Waals surface area contributed by atoms with E-state index in [1.165, 1.54) is 34.4 Å². The van der Waals surface area contributed by atoms with Gasteiger partial charge in [0.2, 0.25) is 0 Å². The maximum absolute atomic E-state index is 6.30. The van der Waals surface area contributed by atoms with E-state index in [1.54, 1.807) is 0 Å². The van der Waals surface area contributed by atoms with E-state index >= 15 is 0 Å². The van der Waals surface area contributed by atoms with E-state index in [2.05, 4.69) is 48.5 Å². The van der Waals surface area contributed by atoms with Gasteiger partial charge in [0.15, 0.2) is 0 Å². The van der Waals surface area contributed by atoms with Gasteiger partial charge in [0.1, 0.15) is 0 Å². The van der Waals surface area contributed by atoms with Gasteiger partial charge in [-0.3, -0.25) is 0 Å². The first-order valence-corrected chi connectivity index (χ1v) is 7.87. The quantitative estimate of drug-likeness (QED) is 0.840. The molecular formula is C17H19NS. The van der Waals surface area contributed by atoms with Crippen LogP contribution in [0, 0.1) is 0 Å². The standard InChI is InChI=1S/C17H19NS/c18-15-10-4-8-14-9-5-11-16(17(14)15)19-12-13-6-2-1-3-7-13/h1-3,5-7,9,11,15H,4,8,10,12,18H2. The van der Waals surface area contributed by atoms with Crippen molar-refractivity contribution in [3.63, 3.8) is 0 Å². The molecule has 0 saturated carbocycles. The number of hydrogen-bond donors (Lipinski definition) is 1. The third kappa shape index (κ3) is 2.85. The fourth-order valence-corrected chi connectivity index (χ4v) is 3.87. The average Bonchev–Trinajstić information content (AvgIpc) is 2.46. The lowest BCUT2D eigenvalue weighted by Gasteiger charge is -2.24. The second kappa shape index (κ2) is 5.81. The van der Waals surface area contributed by atoms with Crippen LogP contribution in [0.3, 0.4) is 0 Å². The number of rotatable bonds is 3. The Hall–Kier alpha value is -1.25. The highest BCUT2D eigenvalue weighted by Crippen LogP contribution is 2.36. The Morgan fingerprint density at radius 3 is 2.74 bits per heavy atom. The number of nitrogens with two attached hydrogens (primary N) is 1. The molecule has 0 aromatic heterocycles. The first kappa shape index (κ1) is 12.8. The topological polar surface area (TPSA) is 26.0 Å². The van der Waals surface area contributed by atoms with Crippen molar-refractivity contribution in [2.45, 2.75) is 36.0 Å². The Morgan fingerprint density at radius 2 is 1.89 bits per heavy atom. The first-order chi connectivity index (χ1) is 9.34. The Labute approximate surface area is 119 Å². The van der Waals surface area contributed by atoms with E-state index in [9.17, 15) is 0 Å². The van der Waals surface area contributed by atoms with Crippen LogP contribution in [0.2, 0.25) is 0 Å². The smallest absolute Gasteiger partial charge is 0.0308 e. The first-order valence-electron chi connectivity index (χ1n) is 6.88. The van der Waals surface area contributed by atoms with Crippen LogP contribution < -0.4 is 5.73 Å². The number of thioether (sulfide) groups is 1. The summed E-state index contributed by atoms with van der Waals surface area (Å²) in [5, 5.41) is 0. The van der Waals surface area contributed by atoms with Gasteiger partial charge in [-0.2, -0.15) is 0 Å². The van der Waals surface area contributed by atoms with Crippen LogP contribution in [0.25, 0.3) is 0 Å². The predicted molar refractivity (Wildman–Crippen MR) is 82.3 cm³/mol. The Bertz CT molecular complexity index is 550. The highest BCUT2D eigenvalue weighted by molar-refractivity contribution is 7.98. The van der Waals surface area contributed by atoms with Crippen LogP contribution >= 0.6 is 11.8 Å². The van der Waals surface area contributed by atoms with Crippen LogP contribution in [0.15, 0.2) is 53.4 Å². The maximum atomic E-state index is 6.30. The van der Waals surface area contributed by atoms with Gasteiger partial charge in [0, 0.05) is 16.7 Å². The van der Waals surface area contributed by atoms with Crippen molar-refractivity contribution in [3.8, 4) is 0 Å². The van der Waals surface area contributed by atoms with E-state index in [4.69, 9.17) is 5.73 Å². The summed E-state index contributed by atoms with van der Waals surface area (Å²) in [5.41, 5.74) is 10.5. The van der Waals surface area contributed by atoms with Gasteiger partial charge in [-0.15, -0.1) is 11.8 Å². The molecule has 1 unspecified atom stereocenters. The van der Waals surface area contributed by atoms with E-state index in [0.29, 0.717) is 0 Å². The average molecular weight is 269 g/mol. The summed E-state index contributed by atoms with van der Waals surface area (Å²) in [6, 6.07) is 17.5. The summed E-state index contributed by atoms with van der Waals surface area (Å²) >= 11 is 1.91. The lowest BCUT2D eigenvalue weighted by atomic mass is 9.88. The van der Waals surface area contributed by atoms with E-state index in [-0.39, 0.29) is 6.04 Å². The number of benzene rings is 2. The molecule has 0 amide bonds. The summed E-state index contributed by atoms with van der Waals surface area (Å²) in [4.78, 5) is 1.37. The zero-order chi connectivity index (χ0) is 13.1. The van der Waals surface area contributed by atoms with Crippen molar-refractivity contribution < 1.29 is 0 Å². The molecule has 0 bridgehead atoms. The van der Waals surface area contributed by atoms with Crippen LogP contribution in [-0.2, 0) is 12.2 Å². The van der Waals surface area contributed by atoms with Crippen LogP contribution in [-0.4, -0.2) is 0 Å². The second-order valence-corrected chi connectivity index (χ2v) is 6.12. The van der Waals surface area contributed by atoms with Gasteiger partial charge in [-0.25, -0.2) is 0 Å². The molecule has 2 N–H and O–H groups in total. The molecule has 0 aliphatic heterocycles. The van der Waals surface area contributed by atoms with Crippen LogP contribution in [0.1, 0.15) is 35.6 Å². The lowest BCUT2D eigenvalue weighted by molar-refractivity contribution is 0.561. The molecule has 0 heterocycles. The van der Waals surface area contributed by atoms with Gasteiger partial charge >= 0.3 is 0 Å². The zero-order valence-electron chi connectivity index (χ0n) is 11.0. The van der Waals surface area contributed by atoms with Crippen LogP contribution in [0.5, 0.6) is 0 Å². The molecule has 0 radical (unpaired) electrons. The molecule has 1 atom stereocenters. The predicted octanol–water partition coefficient (Wildman–Crippen LogP) is 4.32. The molecule has 19 heavy (non-hydrogen) atoms. The summed E-state index contributed by atoms with van der Waals surface area (Å²) in [6.45, 7) is 0. The molecule has 1 aliphatic rings. The lowest BCUT2D eigenvalue weighted by Crippen LogP contribution is -2.18. The molecule has 2 heteroatoms. The monoisotopic (exact) mass is 269 g/mol. The molecule has 0 saturated heterocycles. The second-order valence-electron chi connectivity index (χ2n) is 5.10. The summed E-state index contributed by atoms with van der Waals surface area (Å²) in [6.07, 6.45) is 3.53. The van der Waals surface area contributed by atoms with Gasteiger partial charge in [0.05, 0.1) is 0 Å². The van der Waals surface area contributed by atoms with Crippen molar-refractivity contribution in [3.05, 3.63) is 65.2 Å². The molecule has 1 aliphatic carbocycles. The van der Waals surface area contributed by atoms with Crippen molar-refractivity contribution in [2.75, 3.05) is 0 Å². The van der Waals surface area contributed by atoms with E-state index in [0.717, 1.165) is 12.2 Å². The summed E-state index contributed by atoms with van der Waals surface area (Å²) in [5.74, 6) is 1.02.